The van der Waals surface area contributed by atoms with Crippen LogP contribution in [0.25, 0.3) is 0 Å². The highest BCUT2D eigenvalue weighted by Gasteiger charge is 2.24. The van der Waals surface area contributed by atoms with Crippen LogP contribution >= 0.6 is 22.7 Å². The summed E-state index contributed by atoms with van der Waals surface area (Å²) in [6.07, 6.45) is 2.63. The van der Waals surface area contributed by atoms with Gasteiger partial charge in [0, 0.05) is 38.1 Å². The van der Waals surface area contributed by atoms with Crippen LogP contribution in [0.5, 0.6) is 0 Å². The van der Waals surface area contributed by atoms with Crippen molar-refractivity contribution in [1.29, 1.82) is 0 Å². The summed E-state index contributed by atoms with van der Waals surface area (Å²) in [5, 5.41) is 5.25. The van der Waals surface area contributed by atoms with Crippen LogP contribution in [0.3, 0.4) is 0 Å². The third-order valence-electron chi connectivity index (χ3n) is 4.69. The molecule has 0 radical (unpaired) electrons. The predicted molar refractivity (Wildman–Crippen MR) is 99.1 cm³/mol. The number of aromatic nitrogens is 1. The number of carbonyl (C=O) groups excluding carboxylic acids is 1. The van der Waals surface area contributed by atoms with E-state index in [1.54, 1.807) is 11.3 Å². The van der Waals surface area contributed by atoms with Gasteiger partial charge in [0.1, 0.15) is 0 Å². The van der Waals surface area contributed by atoms with Crippen molar-refractivity contribution in [2.75, 3.05) is 44.2 Å². The van der Waals surface area contributed by atoms with E-state index in [4.69, 9.17) is 4.98 Å². The zero-order valence-electron chi connectivity index (χ0n) is 13.7. The molecule has 2 aliphatic rings. The number of anilines is 1. The second-order valence-corrected chi connectivity index (χ2v) is 8.15. The van der Waals surface area contributed by atoms with Crippen LogP contribution in [0.4, 0.5) is 5.13 Å². The Morgan fingerprint density at radius 1 is 1.08 bits per heavy atom. The summed E-state index contributed by atoms with van der Waals surface area (Å²) in [7, 11) is 0. The van der Waals surface area contributed by atoms with Gasteiger partial charge in [-0.05, 0) is 37.4 Å². The minimum Gasteiger partial charge on any atom is -0.345 e. The molecule has 4 heterocycles. The lowest BCUT2D eigenvalue weighted by Gasteiger charge is -2.34. The number of thiazole rings is 1. The third kappa shape index (κ3) is 3.48. The molecule has 2 aromatic heterocycles. The molecule has 5 nitrogen and oxygen atoms in total. The number of piperazine rings is 1. The maximum Gasteiger partial charge on any atom is 0.264 e. The highest BCUT2D eigenvalue weighted by Crippen LogP contribution is 2.24. The standard InChI is InChI=1S/C17H22N4OS2/c22-16(15-4-3-11-23-15)20-7-9-21(10-8-20)17-18-14(13-24-17)12-19-5-1-2-6-19/h3-4,11,13H,1-2,5-10,12H2. The number of rotatable bonds is 4. The highest BCUT2D eigenvalue weighted by atomic mass is 32.1. The van der Waals surface area contributed by atoms with Gasteiger partial charge in [-0.15, -0.1) is 22.7 Å². The fraction of sp³-hybridized carbons (Fsp3) is 0.529. The molecule has 128 valence electrons. The lowest BCUT2D eigenvalue weighted by Crippen LogP contribution is -2.48. The van der Waals surface area contributed by atoms with Gasteiger partial charge in [0.05, 0.1) is 10.6 Å². The van der Waals surface area contributed by atoms with Crippen molar-refractivity contribution in [2.24, 2.45) is 0 Å². The highest BCUT2D eigenvalue weighted by molar-refractivity contribution is 7.13. The van der Waals surface area contributed by atoms with Gasteiger partial charge in [0.25, 0.3) is 5.91 Å². The topological polar surface area (TPSA) is 39.7 Å². The first-order valence-electron chi connectivity index (χ1n) is 8.54. The molecular weight excluding hydrogens is 340 g/mol. The Morgan fingerprint density at radius 3 is 2.58 bits per heavy atom. The van der Waals surface area contributed by atoms with Crippen molar-refractivity contribution in [3.63, 3.8) is 0 Å². The Kier molecular flexibility index (Phi) is 4.82. The summed E-state index contributed by atoms with van der Waals surface area (Å²) in [6.45, 7) is 6.68. The van der Waals surface area contributed by atoms with Gasteiger partial charge < -0.3 is 9.80 Å². The monoisotopic (exact) mass is 362 g/mol. The smallest absolute Gasteiger partial charge is 0.264 e. The Morgan fingerprint density at radius 2 is 1.88 bits per heavy atom. The second-order valence-electron chi connectivity index (χ2n) is 6.36. The summed E-state index contributed by atoms with van der Waals surface area (Å²) in [6, 6.07) is 3.84. The van der Waals surface area contributed by atoms with Crippen molar-refractivity contribution in [1.82, 2.24) is 14.8 Å². The maximum absolute atomic E-state index is 12.4. The molecule has 24 heavy (non-hydrogen) atoms. The van der Waals surface area contributed by atoms with Crippen LogP contribution in [0.15, 0.2) is 22.9 Å². The van der Waals surface area contributed by atoms with E-state index in [-0.39, 0.29) is 5.91 Å². The van der Waals surface area contributed by atoms with Crippen molar-refractivity contribution >= 4 is 33.7 Å². The van der Waals surface area contributed by atoms with E-state index in [0.29, 0.717) is 0 Å². The van der Waals surface area contributed by atoms with E-state index in [1.165, 1.54) is 43.0 Å². The number of hydrogen-bond donors (Lipinski definition) is 0. The average molecular weight is 363 g/mol. The molecule has 0 saturated carbocycles. The number of amides is 1. The van der Waals surface area contributed by atoms with Crippen molar-refractivity contribution in [3.8, 4) is 0 Å². The second kappa shape index (κ2) is 7.21. The van der Waals surface area contributed by atoms with Gasteiger partial charge in [-0.3, -0.25) is 9.69 Å². The Labute approximate surface area is 150 Å². The lowest BCUT2D eigenvalue weighted by atomic mass is 10.3. The maximum atomic E-state index is 12.4. The third-order valence-corrected chi connectivity index (χ3v) is 6.50. The summed E-state index contributed by atoms with van der Waals surface area (Å²) in [5.74, 6) is 0.165. The number of thiophene rings is 1. The fourth-order valence-electron chi connectivity index (χ4n) is 3.34. The van der Waals surface area contributed by atoms with Gasteiger partial charge in [-0.25, -0.2) is 4.98 Å². The minimum atomic E-state index is 0.165. The summed E-state index contributed by atoms with van der Waals surface area (Å²) in [5.41, 5.74) is 1.19. The summed E-state index contributed by atoms with van der Waals surface area (Å²) in [4.78, 5) is 24.8. The first-order valence-corrected chi connectivity index (χ1v) is 10.3. The molecule has 4 rings (SSSR count). The van der Waals surface area contributed by atoms with Crippen LogP contribution in [-0.4, -0.2) is 60.0 Å². The quantitative estimate of drug-likeness (QED) is 0.838. The molecule has 2 aromatic rings. The van der Waals surface area contributed by atoms with Crippen LogP contribution in [0.2, 0.25) is 0 Å². The number of nitrogens with zero attached hydrogens (tertiary/aromatic N) is 4. The predicted octanol–water partition coefficient (Wildman–Crippen LogP) is 2.76. The Bertz CT molecular complexity index is 671. The molecule has 2 fully saturated rings. The minimum absolute atomic E-state index is 0.165. The molecule has 0 atom stereocenters. The van der Waals surface area contributed by atoms with E-state index in [9.17, 15) is 4.79 Å². The molecule has 2 saturated heterocycles. The Balaban J connectivity index is 1.32. The van der Waals surface area contributed by atoms with Crippen molar-refractivity contribution in [3.05, 3.63) is 33.5 Å². The first kappa shape index (κ1) is 16.1. The van der Waals surface area contributed by atoms with E-state index in [2.05, 4.69) is 15.2 Å². The van der Waals surface area contributed by atoms with Gasteiger partial charge >= 0.3 is 0 Å². The average Bonchev–Trinajstić information content (AvgIpc) is 3.37. The van der Waals surface area contributed by atoms with Crippen LogP contribution in [0.1, 0.15) is 28.2 Å². The molecule has 0 bridgehead atoms. The molecule has 0 aromatic carbocycles. The van der Waals surface area contributed by atoms with Gasteiger partial charge in [0.15, 0.2) is 5.13 Å². The zero-order chi connectivity index (χ0) is 16.4. The van der Waals surface area contributed by atoms with E-state index >= 15 is 0 Å². The molecule has 1 amide bonds. The van der Waals surface area contributed by atoms with Gasteiger partial charge in [-0.1, -0.05) is 6.07 Å². The normalized spacial score (nSPS) is 19.2. The fourth-order valence-corrected chi connectivity index (χ4v) is 4.90. The largest absolute Gasteiger partial charge is 0.345 e. The molecule has 0 unspecified atom stereocenters. The molecule has 2 aliphatic heterocycles. The van der Waals surface area contributed by atoms with E-state index < -0.39 is 0 Å². The van der Waals surface area contributed by atoms with Crippen molar-refractivity contribution in [2.45, 2.75) is 19.4 Å². The van der Waals surface area contributed by atoms with Gasteiger partial charge in [-0.2, -0.15) is 0 Å². The zero-order valence-corrected chi connectivity index (χ0v) is 15.3. The van der Waals surface area contributed by atoms with Gasteiger partial charge in [0.2, 0.25) is 0 Å². The summed E-state index contributed by atoms with van der Waals surface area (Å²) < 4.78 is 0. The molecule has 0 aliphatic carbocycles. The lowest BCUT2D eigenvalue weighted by molar-refractivity contribution is 0.0751. The molecule has 7 heteroatoms. The van der Waals surface area contributed by atoms with Crippen LogP contribution < -0.4 is 4.90 Å². The SMILES string of the molecule is O=C(c1cccs1)N1CCN(c2nc(CN3CCCC3)cs2)CC1. The van der Waals surface area contributed by atoms with E-state index in [1.807, 2.05) is 22.4 Å². The van der Waals surface area contributed by atoms with Crippen LogP contribution in [-0.2, 0) is 6.54 Å². The number of carbonyl (C=O) groups is 1. The molecule has 0 spiro atoms. The Hall–Kier alpha value is -1.44. The molecular formula is C17H22N4OS2. The van der Waals surface area contributed by atoms with E-state index in [0.717, 1.165) is 42.7 Å². The summed E-state index contributed by atoms with van der Waals surface area (Å²) >= 11 is 3.25. The van der Waals surface area contributed by atoms with Crippen LogP contribution in [0, 0.1) is 0 Å². The van der Waals surface area contributed by atoms with Crippen molar-refractivity contribution < 1.29 is 4.79 Å². The number of hydrogen-bond acceptors (Lipinski definition) is 6. The molecule has 0 N–H and O–H groups in total. The number of likely N-dealkylation sites (tertiary alicyclic amines) is 1. The first-order chi connectivity index (χ1) is 11.8.